The van der Waals surface area contributed by atoms with E-state index in [1.54, 1.807) is 11.1 Å². The van der Waals surface area contributed by atoms with E-state index in [0.717, 1.165) is 24.2 Å². The van der Waals surface area contributed by atoms with Crippen LogP contribution in [0.4, 0.5) is 0 Å². The van der Waals surface area contributed by atoms with Gasteiger partial charge in [0, 0.05) is 5.41 Å². The van der Waals surface area contributed by atoms with E-state index in [1.165, 1.54) is 43.3 Å². The molecule has 0 amide bonds. The van der Waals surface area contributed by atoms with Crippen molar-refractivity contribution in [3.05, 3.63) is 96.2 Å². The Bertz CT molecular complexity index is 869. The Morgan fingerprint density at radius 1 is 1.03 bits per heavy atom. The predicted molar refractivity (Wildman–Crippen MR) is 130 cm³/mol. The van der Waals surface area contributed by atoms with Gasteiger partial charge in [-0.05, 0) is 74.2 Å². The zero-order valence-electron chi connectivity index (χ0n) is 19.2. The Hall–Kier alpha value is -2.08. The molecule has 1 aromatic rings. The van der Waals surface area contributed by atoms with E-state index in [-0.39, 0.29) is 5.41 Å². The van der Waals surface area contributed by atoms with Crippen LogP contribution in [0.1, 0.15) is 59.3 Å². The van der Waals surface area contributed by atoms with Crippen LogP contribution in [0.15, 0.2) is 96.2 Å². The molecular weight excluding hydrogens is 360 g/mol. The van der Waals surface area contributed by atoms with Gasteiger partial charge in [0.1, 0.15) is 0 Å². The van der Waals surface area contributed by atoms with Crippen molar-refractivity contribution in [2.24, 2.45) is 28.6 Å². The first-order valence-electron chi connectivity index (χ1n) is 11.9. The van der Waals surface area contributed by atoms with Gasteiger partial charge in [0.25, 0.3) is 0 Å². The van der Waals surface area contributed by atoms with Crippen LogP contribution in [-0.2, 0) is 0 Å². The number of fused-ring (bicyclic) bond motifs is 5. The van der Waals surface area contributed by atoms with E-state index in [9.17, 15) is 0 Å². The zero-order chi connectivity index (χ0) is 21.4. The van der Waals surface area contributed by atoms with Gasteiger partial charge < -0.3 is 0 Å². The van der Waals surface area contributed by atoms with Crippen LogP contribution in [0.25, 0.3) is 0 Å². The topological polar surface area (TPSA) is 0 Å². The smallest absolute Gasteiger partial charge is 0.0281 e. The summed E-state index contributed by atoms with van der Waals surface area (Å²) < 4.78 is 0. The lowest BCUT2D eigenvalue weighted by Crippen LogP contribution is -2.43. The molecule has 5 atom stereocenters. The number of allylic oxidation sites excluding steroid dienone is 8. The second kappa shape index (κ2) is 8.22. The Balaban J connectivity index is 0.000000313. The van der Waals surface area contributed by atoms with Crippen molar-refractivity contribution < 1.29 is 0 Å². The maximum absolute atomic E-state index is 4.43. The molecule has 0 N–H and O–H groups in total. The Kier molecular flexibility index (Phi) is 5.80. The van der Waals surface area contributed by atoms with Crippen molar-refractivity contribution in [1.82, 2.24) is 0 Å². The molecule has 0 aromatic heterocycles. The van der Waals surface area contributed by atoms with E-state index in [2.05, 4.69) is 58.2 Å². The highest BCUT2D eigenvalue weighted by Crippen LogP contribution is 2.65. The molecule has 1 aromatic carbocycles. The number of benzene rings is 1. The van der Waals surface area contributed by atoms with Crippen LogP contribution < -0.4 is 0 Å². The molecule has 0 saturated heterocycles. The van der Waals surface area contributed by atoms with Crippen molar-refractivity contribution >= 4 is 0 Å². The SMILES string of the molecule is C=C1C=C[C@@]2(C)C(=C1)CCC1C2=CC[C@@]2(C)C1CC[C@@H]2C(=C)CC.c1ccccc1. The van der Waals surface area contributed by atoms with Gasteiger partial charge in [-0.1, -0.05) is 104 Å². The molecule has 0 heterocycles. The van der Waals surface area contributed by atoms with E-state index >= 15 is 0 Å². The number of hydrogen-bond donors (Lipinski definition) is 0. The van der Waals surface area contributed by atoms with E-state index in [0.29, 0.717) is 5.41 Å². The molecule has 0 heteroatoms. The van der Waals surface area contributed by atoms with Crippen LogP contribution in [-0.4, -0.2) is 0 Å². The molecule has 4 aliphatic carbocycles. The van der Waals surface area contributed by atoms with Gasteiger partial charge in [0.05, 0.1) is 0 Å². The normalized spacial score (nSPS) is 36.4. The second-order valence-corrected chi connectivity index (χ2v) is 10.2. The van der Waals surface area contributed by atoms with E-state index in [1.807, 2.05) is 36.4 Å². The summed E-state index contributed by atoms with van der Waals surface area (Å²) >= 11 is 0. The van der Waals surface area contributed by atoms with Crippen molar-refractivity contribution in [3.8, 4) is 0 Å². The fourth-order valence-corrected chi connectivity index (χ4v) is 6.90. The standard InChI is InChI=1S/C24H32.C6H6/c1-6-17(3)20-9-10-21-19-8-7-18-15-16(2)11-13-23(18,4)22(19)12-14-24(20,21)5;1-2-4-6-5-3-1/h11-13,15,19-21H,2-3,6-10,14H2,1,4-5H3;1-6H/t19?,20-,21?,23+,24-;/m1./s1. The lowest BCUT2D eigenvalue weighted by Gasteiger charge is -2.52. The quantitative estimate of drug-likeness (QED) is 0.438. The van der Waals surface area contributed by atoms with Gasteiger partial charge >= 0.3 is 0 Å². The minimum atomic E-state index is 0.158. The summed E-state index contributed by atoms with van der Waals surface area (Å²) in [7, 11) is 0. The molecule has 2 unspecified atom stereocenters. The fraction of sp³-hybridized carbons (Fsp3) is 0.467. The Morgan fingerprint density at radius 2 is 1.70 bits per heavy atom. The van der Waals surface area contributed by atoms with E-state index in [4.69, 9.17) is 0 Å². The van der Waals surface area contributed by atoms with Crippen LogP contribution in [0.2, 0.25) is 0 Å². The average Bonchev–Trinajstić information content (AvgIpc) is 3.12. The lowest BCUT2D eigenvalue weighted by atomic mass is 9.52. The molecule has 30 heavy (non-hydrogen) atoms. The summed E-state index contributed by atoms with van der Waals surface area (Å²) in [5.41, 5.74) is 6.57. The second-order valence-electron chi connectivity index (χ2n) is 10.2. The van der Waals surface area contributed by atoms with Gasteiger partial charge in [0.15, 0.2) is 0 Å². The van der Waals surface area contributed by atoms with Gasteiger partial charge in [-0.25, -0.2) is 0 Å². The molecule has 2 fully saturated rings. The van der Waals surface area contributed by atoms with E-state index < -0.39 is 0 Å². The third kappa shape index (κ3) is 3.49. The number of hydrogen-bond acceptors (Lipinski definition) is 0. The third-order valence-electron chi connectivity index (χ3n) is 8.65. The maximum Gasteiger partial charge on any atom is 0.0281 e. The maximum atomic E-state index is 4.43. The van der Waals surface area contributed by atoms with Crippen LogP contribution in [0, 0.1) is 28.6 Å². The molecule has 5 rings (SSSR count). The summed E-state index contributed by atoms with van der Waals surface area (Å²) in [6, 6.07) is 12.0. The molecule has 0 bridgehead atoms. The first-order chi connectivity index (χ1) is 14.4. The summed E-state index contributed by atoms with van der Waals surface area (Å²) in [5.74, 6) is 2.36. The minimum absolute atomic E-state index is 0.158. The van der Waals surface area contributed by atoms with Crippen molar-refractivity contribution in [2.45, 2.75) is 59.3 Å². The third-order valence-corrected chi connectivity index (χ3v) is 8.65. The zero-order valence-corrected chi connectivity index (χ0v) is 19.2. The first-order valence-corrected chi connectivity index (χ1v) is 11.9. The number of rotatable bonds is 2. The van der Waals surface area contributed by atoms with Gasteiger partial charge in [0.2, 0.25) is 0 Å². The molecule has 0 aliphatic heterocycles. The summed E-state index contributed by atoms with van der Waals surface area (Å²) in [5, 5.41) is 0. The van der Waals surface area contributed by atoms with Gasteiger partial charge in [-0.3, -0.25) is 0 Å². The molecule has 0 nitrogen and oxygen atoms in total. The average molecular weight is 399 g/mol. The Morgan fingerprint density at radius 3 is 2.33 bits per heavy atom. The van der Waals surface area contributed by atoms with Gasteiger partial charge in [-0.15, -0.1) is 0 Å². The highest BCUT2D eigenvalue weighted by molar-refractivity contribution is 5.50. The largest absolute Gasteiger partial charge is 0.0996 e. The molecular formula is C30H38. The molecule has 158 valence electrons. The summed E-state index contributed by atoms with van der Waals surface area (Å²) in [4.78, 5) is 0. The first kappa shape index (κ1) is 21.2. The van der Waals surface area contributed by atoms with Crippen LogP contribution in [0.3, 0.4) is 0 Å². The minimum Gasteiger partial charge on any atom is -0.0996 e. The van der Waals surface area contributed by atoms with Gasteiger partial charge in [-0.2, -0.15) is 0 Å². The van der Waals surface area contributed by atoms with Crippen molar-refractivity contribution in [3.63, 3.8) is 0 Å². The molecule has 0 radical (unpaired) electrons. The predicted octanol–water partition coefficient (Wildman–Crippen LogP) is 8.47. The molecule has 2 saturated carbocycles. The highest BCUT2D eigenvalue weighted by Gasteiger charge is 2.55. The highest BCUT2D eigenvalue weighted by atomic mass is 14.6. The molecule has 0 spiro atoms. The van der Waals surface area contributed by atoms with Crippen LogP contribution in [0.5, 0.6) is 0 Å². The van der Waals surface area contributed by atoms with Crippen molar-refractivity contribution in [2.75, 3.05) is 0 Å². The summed E-state index contributed by atoms with van der Waals surface area (Å²) in [6.07, 6.45) is 17.4. The fourth-order valence-electron chi connectivity index (χ4n) is 6.90. The van der Waals surface area contributed by atoms with Crippen LogP contribution >= 0.6 is 0 Å². The Labute approximate surface area is 184 Å². The lowest BCUT2D eigenvalue weighted by molar-refractivity contribution is 0.104. The monoisotopic (exact) mass is 398 g/mol. The molecule has 4 aliphatic rings. The van der Waals surface area contributed by atoms with Crippen molar-refractivity contribution in [1.29, 1.82) is 0 Å². The summed E-state index contributed by atoms with van der Waals surface area (Å²) in [6.45, 7) is 15.9.